The molecule has 0 spiro atoms. The van der Waals surface area contributed by atoms with E-state index in [0.29, 0.717) is 6.61 Å². The molecule has 0 heterocycles. The van der Waals surface area contributed by atoms with Crippen molar-refractivity contribution in [3.05, 3.63) is 58.1 Å². The third-order valence-corrected chi connectivity index (χ3v) is 4.27. The van der Waals surface area contributed by atoms with Gasteiger partial charge in [0.1, 0.15) is 0 Å². The zero-order valence-electron chi connectivity index (χ0n) is 13.2. The van der Waals surface area contributed by atoms with E-state index in [1.54, 1.807) is 7.11 Å². The van der Waals surface area contributed by atoms with Crippen LogP contribution in [0.15, 0.2) is 46.9 Å². The lowest BCUT2D eigenvalue weighted by Crippen LogP contribution is -2.18. The Hall–Kier alpha value is -1.52. The van der Waals surface area contributed by atoms with E-state index in [1.165, 1.54) is 5.56 Å². The van der Waals surface area contributed by atoms with Crippen molar-refractivity contribution in [1.29, 1.82) is 0 Å². The number of nitrogens with one attached hydrogen (secondary N) is 1. The number of benzene rings is 2. The van der Waals surface area contributed by atoms with E-state index in [2.05, 4.69) is 52.4 Å². The van der Waals surface area contributed by atoms with Gasteiger partial charge in [-0.2, -0.15) is 0 Å². The lowest BCUT2D eigenvalue weighted by molar-refractivity contribution is 0.310. The number of methoxy groups -OCH3 is 1. The lowest BCUT2D eigenvalue weighted by atomic mass is 10.1. The van der Waals surface area contributed by atoms with E-state index < -0.39 is 0 Å². The predicted octanol–water partition coefficient (Wildman–Crippen LogP) is 4.71. The van der Waals surface area contributed by atoms with E-state index in [4.69, 9.17) is 9.47 Å². The summed E-state index contributed by atoms with van der Waals surface area (Å²) in [7, 11) is 1.66. The summed E-state index contributed by atoms with van der Waals surface area (Å²) >= 11 is 3.61. The first kappa shape index (κ1) is 16.8. The van der Waals surface area contributed by atoms with Crippen molar-refractivity contribution in [2.45, 2.75) is 26.4 Å². The standard InChI is InChI=1S/C18H22BrNO2/c1-4-22-18-11-16(19)15(10-17(18)21-3)12-20-13(2)14-8-6-5-7-9-14/h5-11,13,20H,4,12H2,1-3H3/t13-/m1/s1. The zero-order chi connectivity index (χ0) is 15.9. The molecule has 0 saturated heterocycles. The molecule has 1 atom stereocenters. The first-order chi connectivity index (χ1) is 10.7. The van der Waals surface area contributed by atoms with Crippen LogP contribution in [0.4, 0.5) is 0 Å². The summed E-state index contributed by atoms with van der Waals surface area (Å²) in [5.74, 6) is 1.52. The van der Waals surface area contributed by atoms with Crippen molar-refractivity contribution in [3.8, 4) is 11.5 Å². The number of ether oxygens (including phenoxy) is 2. The molecule has 1 N–H and O–H groups in total. The average Bonchev–Trinajstić information content (AvgIpc) is 2.55. The minimum Gasteiger partial charge on any atom is -0.493 e. The van der Waals surface area contributed by atoms with Crippen LogP contribution in [0.25, 0.3) is 0 Å². The number of rotatable bonds is 7. The van der Waals surface area contributed by atoms with Gasteiger partial charge in [0.15, 0.2) is 11.5 Å². The fraction of sp³-hybridized carbons (Fsp3) is 0.333. The summed E-state index contributed by atoms with van der Waals surface area (Å²) in [6.07, 6.45) is 0. The predicted molar refractivity (Wildman–Crippen MR) is 93.6 cm³/mol. The summed E-state index contributed by atoms with van der Waals surface area (Å²) < 4.78 is 12.0. The third kappa shape index (κ3) is 4.24. The van der Waals surface area contributed by atoms with Crippen molar-refractivity contribution in [2.75, 3.05) is 13.7 Å². The molecule has 0 amide bonds. The minimum absolute atomic E-state index is 0.283. The highest BCUT2D eigenvalue weighted by Gasteiger charge is 2.11. The second-order valence-corrected chi connectivity index (χ2v) is 5.90. The maximum atomic E-state index is 5.58. The Morgan fingerprint density at radius 3 is 2.50 bits per heavy atom. The highest BCUT2D eigenvalue weighted by Crippen LogP contribution is 2.33. The molecule has 4 heteroatoms. The van der Waals surface area contributed by atoms with Gasteiger partial charge in [-0.3, -0.25) is 0 Å². The van der Waals surface area contributed by atoms with E-state index >= 15 is 0 Å². The fourth-order valence-electron chi connectivity index (χ4n) is 2.26. The average molecular weight is 364 g/mol. The van der Waals surface area contributed by atoms with Gasteiger partial charge in [-0.05, 0) is 37.1 Å². The molecule has 0 aliphatic heterocycles. The maximum Gasteiger partial charge on any atom is 0.162 e. The molecular formula is C18H22BrNO2. The van der Waals surface area contributed by atoms with Crippen LogP contribution in [0.2, 0.25) is 0 Å². The molecule has 0 aromatic heterocycles. The summed E-state index contributed by atoms with van der Waals surface area (Å²) in [5.41, 5.74) is 2.42. The third-order valence-electron chi connectivity index (χ3n) is 3.53. The second-order valence-electron chi connectivity index (χ2n) is 5.04. The number of hydrogen-bond donors (Lipinski definition) is 1. The summed E-state index contributed by atoms with van der Waals surface area (Å²) in [6.45, 7) is 5.49. The first-order valence-electron chi connectivity index (χ1n) is 7.43. The largest absolute Gasteiger partial charge is 0.493 e. The smallest absolute Gasteiger partial charge is 0.162 e. The molecule has 2 rings (SSSR count). The zero-order valence-corrected chi connectivity index (χ0v) is 14.8. The molecule has 0 aliphatic carbocycles. The van der Waals surface area contributed by atoms with Crippen LogP contribution in [0.1, 0.15) is 31.0 Å². The molecule has 22 heavy (non-hydrogen) atoms. The first-order valence-corrected chi connectivity index (χ1v) is 8.22. The molecule has 0 saturated carbocycles. The second kappa shape index (κ2) is 8.20. The highest BCUT2D eigenvalue weighted by molar-refractivity contribution is 9.10. The number of halogens is 1. The van der Waals surface area contributed by atoms with E-state index in [9.17, 15) is 0 Å². The van der Waals surface area contributed by atoms with Gasteiger partial charge < -0.3 is 14.8 Å². The molecule has 0 aliphatic rings. The van der Waals surface area contributed by atoms with Crippen LogP contribution in [-0.4, -0.2) is 13.7 Å². The summed E-state index contributed by atoms with van der Waals surface area (Å²) in [5, 5.41) is 3.53. The van der Waals surface area contributed by atoms with Gasteiger partial charge in [0.25, 0.3) is 0 Å². The molecule has 2 aromatic rings. The van der Waals surface area contributed by atoms with Crippen LogP contribution < -0.4 is 14.8 Å². The highest BCUT2D eigenvalue weighted by atomic mass is 79.9. The van der Waals surface area contributed by atoms with Crippen molar-refractivity contribution in [3.63, 3.8) is 0 Å². The Bertz CT molecular complexity index is 602. The summed E-state index contributed by atoms with van der Waals surface area (Å²) in [4.78, 5) is 0. The van der Waals surface area contributed by atoms with Gasteiger partial charge in [0, 0.05) is 17.1 Å². The SMILES string of the molecule is CCOc1cc(Br)c(CN[C@H](C)c2ccccc2)cc1OC. The van der Waals surface area contributed by atoms with Crippen molar-refractivity contribution in [1.82, 2.24) is 5.32 Å². The van der Waals surface area contributed by atoms with Crippen LogP contribution in [0.5, 0.6) is 11.5 Å². The molecule has 0 fully saturated rings. The minimum atomic E-state index is 0.283. The van der Waals surface area contributed by atoms with E-state index in [-0.39, 0.29) is 6.04 Å². The molecule has 0 unspecified atom stereocenters. The van der Waals surface area contributed by atoms with Crippen LogP contribution >= 0.6 is 15.9 Å². The molecular weight excluding hydrogens is 342 g/mol. The van der Waals surface area contributed by atoms with Gasteiger partial charge in [0.2, 0.25) is 0 Å². The van der Waals surface area contributed by atoms with Crippen LogP contribution in [0, 0.1) is 0 Å². The fourth-order valence-corrected chi connectivity index (χ4v) is 2.73. The monoisotopic (exact) mass is 363 g/mol. The van der Waals surface area contributed by atoms with Crippen LogP contribution in [-0.2, 0) is 6.54 Å². The molecule has 3 nitrogen and oxygen atoms in total. The lowest BCUT2D eigenvalue weighted by Gasteiger charge is -2.17. The number of hydrogen-bond acceptors (Lipinski definition) is 3. The van der Waals surface area contributed by atoms with Crippen LogP contribution in [0.3, 0.4) is 0 Å². The normalized spacial score (nSPS) is 12.0. The molecule has 0 radical (unpaired) electrons. The van der Waals surface area contributed by atoms with E-state index in [0.717, 1.165) is 28.1 Å². The van der Waals surface area contributed by atoms with Gasteiger partial charge in [0.05, 0.1) is 13.7 Å². The van der Waals surface area contributed by atoms with Crippen molar-refractivity contribution in [2.24, 2.45) is 0 Å². The van der Waals surface area contributed by atoms with Gasteiger partial charge in [-0.1, -0.05) is 46.3 Å². The Morgan fingerprint density at radius 2 is 1.86 bits per heavy atom. The van der Waals surface area contributed by atoms with Crippen molar-refractivity contribution < 1.29 is 9.47 Å². The van der Waals surface area contributed by atoms with E-state index in [1.807, 2.05) is 25.1 Å². The van der Waals surface area contributed by atoms with Gasteiger partial charge in [-0.25, -0.2) is 0 Å². The maximum absolute atomic E-state index is 5.58. The molecule has 2 aromatic carbocycles. The Morgan fingerprint density at radius 1 is 1.14 bits per heavy atom. The van der Waals surface area contributed by atoms with Crippen molar-refractivity contribution >= 4 is 15.9 Å². The Labute approximate surface area is 140 Å². The Balaban J connectivity index is 2.09. The molecule has 0 bridgehead atoms. The quantitative estimate of drug-likeness (QED) is 0.772. The topological polar surface area (TPSA) is 30.5 Å². The summed E-state index contributed by atoms with van der Waals surface area (Å²) in [6, 6.07) is 14.7. The van der Waals surface area contributed by atoms with Gasteiger partial charge >= 0.3 is 0 Å². The van der Waals surface area contributed by atoms with Gasteiger partial charge in [-0.15, -0.1) is 0 Å². The Kier molecular flexibility index (Phi) is 6.28. The molecule has 118 valence electrons.